The Balaban J connectivity index is 1.78. The van der Waals surface area contributed by atoms with E-state index in [1.54, 1.807) is 24.3 Å². The Hall–Kier alpha value is -2.44. The van der Waals surface area contributed by atoms with Crippen molar-refractivity contribution in [3.63, 3.8) is 0 Å². The van der Waals surface area contributed by atoms with Gasteiger partial charge >= 0.3 is 0 Å². The number of aromatic nitrogens is 4. The van der Waals surface area contributed by atoms with Gasteiger partial charge in [0.15, 0.2) is 10.3 Å². The summed E-state index contributed by atoms with van der Waals surface area (Å²) in [6, 6.07) is 6.93. The summed E-state index contributed by atoms with van der Waals surface area (Å²) < 4.78 is 11.1. The van der Waals surface area contributed by atoms with Crippen LogP contribution < -0.4 is 9.47 Å². The van der Waals surface area contributed by atoms with Crippen molar-refractivity contribution in [3.8, 4) is 23.3 Å². The molecule has 0 N–H and O–H groups in total. The van der Waals surface area contributed by atoms with Crippen molar-refractivity contribution in [2.45, 2.75) is 0 Å². The van der Waals surface area contributed by atoms with Crippen LogP contribution in [0, 0.1) is 0 Å². The summed E-state index contributed by atoms with van der Waals surface area (Å²) in [6.45, 7) is 0. The highest BCUT2D eigenvalue weighted by Gasteiger charge is 2.04. The van der Waals surface area contributed by atoms with E-state index in [-0.39, 0.29) is 22.1 Å². The number of rotatable bonds is 4. The Bertz CT molecular complexity index is 738. The summed E-state index contributed by atoms with van der Waals surface area (Å²) in [5.74, 6) is 1.60. The van der Waals surface area contributed by atoms with Crippen LogP contribution in [0.3, 0.4) is 0 Å². The highest BCUT2D eigenvalue weighted by molar-refractivity contribution is 6.29. The third kappa shape index (κ3) is 3.81. The summed E-state index contributed by atoms with van der Waals surface area (Å²) in [5, 5.41) is 0.498. The minimum atomic E-state index is 0.249. The minimum Gasteiger partial charge on any atom is -0.437 e. The normalized spacial score (nSPS) is 10.3. The van der Waals surface area contributed by atoms with Crippen molar-refractivity contribution in [1.29, 1.82) is 0 Å². The lowest BCUT2D eigenvalue weighted by Crippen LogP contribution is -1.92. The zero-order chi connectivity index (χ0) is 15.4. The van der Waals surface area contributed by atoms with Crippen LogP contribution in [0.2, 0.25) is 10.3 Å². The molecule has 110 valence electrons. The van der Waals surface area contributed by atoms with Gasteiger partial charge in [0.05, 0.1) is 24.8 Å². The molecule has 0 aliphatic rings. The third-order valence-electron chi connectivity index (χ3n) is 2.42. The summed E-state index contributed by atoms with van der Waals surface area (Å²) in [4.78, 5) is 15.8. The van der Waals surface area contributed by atoms with Gasteiger partial charge < -0.3 is 9.47 Å². The molecule has 1 aromatic carbocycles. The molecule has 6 nitrogen and oxygen atoms in total. The summed E-state index contributed by atoms with van der Waals surface area (Å²) >= 11 is 11.5. The maximum absolute atomic E-state index is 5.76. The average Bonchev–Trinajstić information content (AvgIpc) is 2.47. The molecule has 3 rings (SSSR count). The van der Waals surface area contributed by atoms with E-state index in [1.807, 2.05) is 0 Å². The summed E-state index contributed by atoms with van der Waals surface area (Å²) in [6.07, 6.45) is 5.77. The first-order valence-electron chi connectivity index (χ1n) is 6.10. The number of benzene rings is 1. The predicted molar refractivity (Wildman–Crippen MR) is 80.7 cm³/mol. The zero-order valence-electron chi connectivity index (χ0n) is 11.0. The molecular formula is C14H8Cl2N4O2. The highest BCUT2D eigenvalue weighted by atomic mass is 35.5. The van der Waals surface area contributed by atoms with Crippen LogP contribution in [0.4, 0.5) is 0 Å². The van der Waals surface area contributed by atoms with Crippen LogP contribution in [0.5, 0.6) is 23.3 Å². The molecule has 0 saturated heterocycles. The first-order valence-corrected chi connectivity index (χ1v) is 6.85. The molecule has 0 bridgehead atoms. The minimum absolute atomic E-state index is 0.249. The van der Waals surface area contributed by atoms with Crippen LogP contribution in [0.1, 0.15) is 0 Å². The lowest BCUT2D eigenvalue weighted by Gasteiger charge is -2.07. The van der Waals surface area contributed by atoms with Gasteiger partial charge in [-0.3, -0.25) is 9.97 Å². The topological polar surface area (TPSA) is 70.0 Å². The molecule has 0 saturated carbocycles. The largest absolute Gasteiger partial charge is 0.437 e. The molecule has 2 aromatic heterocycles. The fraction of sp³-hybridized carbons (Fsp3) is 0. The van der Waals surface area contributed by atoms with Crippen LogP contribution >= 0.6 is 23.2 Å². The molecule has 0 radical (unpaired) electrons. The quantitative estimate of drug-likeness (QED) is 0.713. The Morgan fingerprint density at radius 3 is 1.68 bits per heavy atom. The van der Waals surface area contributed by atoms with E-state index < -0.39 is 0 Å². The molecular weight excluding hydrogens is 327 g/mol. The van der Waals surface area contributed by atoms with E-state index in [0.717, 1.165) is 0 Å². The molecule has 2 heterocycles. The monoisotopic (exact) mass is 334 g/mol. The van der Waals surface area contributed by atoms with Crippen molar-refractivity contribution in [3.05, 3.63) is 59.4 Å². The van der Waals surface area contributed by atoms with Gasteiger partial charge in [-0.25, -0.2) is 0 Å². The summed E-state index contributed by atoms with van der Waals surface area (Å²) in [5.41, 5.74) is 0. The second-order valence-electron chi connectivity index (χ2n) is 4.04. The summed E-state index contributed by atoms with van der Waals surface area (Å²) in [7, 11) is 0. The number of nitrogens with zero attached hydrogens (tertiary/aromatic N) is 4. The third-order valence-corrected chi connectivity index (χ3v) is 2.78. The first kappa shape index (κ1) is 14.5. The predicted octanol–water partition coefficient (Wildman–Crippen LogP) is 4.16. The standard InChI is InChI=1S/C14H8Cl2N4O2/c15-11-5-17-7-13(19-11)21-9-2-1-3-10(4-9)22-14-8-18-6-12(16)20-14/h1-8H. The van der Waals surface area contributed by atoms with Gasteiger partial charge in [0.25, 0.3) is 0 Å². The molecule has 0 amide bonds. The average molecular weight is 335 g/mol. The second kappa shape index (κ2) is 6.55. The van der Waals surface area contributed by atoms with Crippen LogP contribution in [-0.4, -0.2) is 19.9 Å². The number of hydrogen-bond acceptors (Lipinski definition) is 6. The molecule has 0 unspecified atom stereocenters. The lowest BCUT2D eigenvalue weighted by atomic mass is 10.3. The Morgan fingerprint density at radius 1 is 0.727 bits per heavy atom. The van der Waals surface area contributed by atoms with Crippen molar-refractivity contribution >= 4 is 23.2 Å². The van der Waals surface area contributed by atoms with E-state index in [4.69, 9.17) is 32.7 Å². The number of ether oxygens (including phenoxy) is 2. The van der Waals surface area contributed by atoms with Crippen molar-refractivity contribution < 1.29 is 9.47 Å². The fourth-order valence-electron chi connectivity index (χ4n) is 1.59. The smallest absolute Gasteiger partial charge is 0.239 e. The Kier molecular flexibility index (Phi) is 4.32. The molecule has 22 heavy (non-hydrogen) atoms. The van der Waals surface area contributed by atoms with Gasteiger partial charge in [-0.05, 0) is 12.1 Å². The van der Waals surface area contributed by atoms with Crippen molar-refractivity contribution in [1.82, 2.24) is 19.9 Å². The van der Waals surface area contributed by atoms with E-state index >= 15 is 0 Å². The van der Waals surface area contributed by atoms with Gasteiger partial charge in [0, 0.05) is 6.07 Å². The van der Waals surface area contributed by atoms with E-state index in [9.17, 15) is 0 Å². The SMILES string of the molecule is Clc1cncc(Oc2cccc(Oc3cncc(Cl)n3)c2)n1. The maximum Gasteiger partial charge on any atom is 0.239 e. The van der Waals surface area contributed by atoms with Gasteiger partial charge in [-0.15, -0.1) is 0 Å². The van der Waals surface area contributed by atoms with E-state index in [2.05, 4.69) is 19.9 Å². The fourth-order valence-corrected chi connectivity index (χ4v) is 1.87. The number of halogens is 2. The first-order chi connectivity index (χ1) is 10.7. The zero-order valence-corrected chi connectivity index (χ0v) is 12.5. The number of hydrogen-bond donors (Lipinski definition) is 0. The van der Waals surface area contributed by atoms with Crippen LogP contribution in [0.15, 0.2) is 49.1 Å². The molecule has 0 fully saturated rings. The van der Waals surface area contributed by atoms with Crippen molar-refractivity contribution in [2.75, 3.05) is 0 Å². The van der Waals surface area contributed by atoms with Gasteiger partial charge in [-0.1, -0.05) is 29.3 Å². The van der Waals surface area contributed by atoms with Crippen LogP contribution in [-0.2, 0) is 0 Å². The van der Waals surface area contributed by atoms with Crippen LogP contribution in [0.25, 0.3) is 0 Å². The molecule has 0 aliphatic heterocycles. The maximum atomic E-state index is 5.76. The Labute approximate surface area is 135 Å². The molecule has 0 aliphatic carbocycles. The second-order valence-corrected chi connectivity index (χ2v) is 4.81. The molecule has 8 heteroatoms. The van der Waals surface area contributed by atoms with E-state index in [0.29, 0.717) is 11.5 Å². The molecule has 3 aromatic rings. The molecule has 0 atom stereocenters. The van der Waals surface area contributed by atoms with Crippen molar-refractivity contribution in [2.24, 2.45) is 0 Å². The van der Waals surface area contributed by atoms with Gasteiger partial charge in [-0.2, -0.15) is 9.97 Å². The van der Waals surface area contributed by atoms with Gasteiger partial charge in [0.1, 0.15) is 11.5 Å². The Morgan fingerprint density at radius 2 is 1.23 bits per heavy atom. The van der Waals surface area contributed by atoms with Gasteiger partial charge in [0.2, 0.25) is 11.8 Å². The molecule has 0 spiro atoms. The van der Waals surface area contributed by atoms with E-state index in [1.165, 1.54) is 24.8 Å². The lowest BCUT2D eigenvalue weighted by molar-refractivity contribution is 0.439. The highest BCUT2D eigenvalue weighted by Crippen LogP contribution is 2.27.